The zero-order chi connectivity index (χ0) is 14.5. The minimum absolute atomic E-state index is 0.422. The molecule has 0 saturated heterocycles. The molecule has 0 fully saturated rings. The molecule has 1 aromatic carbocycles. The van der Waals surface area contributed by atoms with Crippen LogP contribution in [0.4, 0.5) is 0 Å². The van der Waals surface area contributed by atoms with Crippen molar-refractivity contribution in [2.45, 2.75) is 26.5 Å². The first kappa shape index (κ1) is 13.5. The Bertz CT molecular complexity index is 624. The highest BCUT2D eigenvalue weighted by Gasteiger charge is 2.06. The quantitative estimate of drug-likeness (QED) is 0.845. The molecule has 0 N–H and O–H groups in total. The Kier molecular flexibility index (Phi) is 4.09. The van der Waals surface area contributed by atoms with Gasteiger partial charge >= 0.3 is 6.01 Å². The van der Waals surface area contributed by atoms with E-state index in [4.69, 9.17) is 4.74 Å². The summed E-state index contributed by atoms with van der Waals surface area (Å²) in [5, 5.41) is 6.38. The van der Waals surface area contributed by atoms with E-state index in [2.05, 4.69) is 44.3 Å². The van der Waals surface area contributed by atoms with E-state index < -0.39 is 0 Å². The third-order valence-corrected chi connectivity index (χ3v) is 3.29. The third-order valence-electron chi connectivity index (χ3n) is 3.29. The van der Waals surface area contributed by atoms with Crippen molar-refractivity contribution in [1.29, 1.82) is 0 Å². The molecule has 1 aliphatic heterocycles. The lowest BCUT2D eigenvalue weighted by Crippen LogP contribution is -2.13. The second-order valence-electron chi connectivity index (χ2n) is 5.06. The molecule has 0 amide bonds. The Morgan fingerprint density at radius 2 is 1.95 bits per heavy atom. The van der Waals surface area contributed by atoms with Gasteiger partial charge in [-0.3, -0.25) is 5.01 Å². The fourth-order valence-electron chi connectivity index (χ4n) is 2.15. The minimum Gasteiger partial charge on any atom is -0.459 e. The number of benzene rings is 1. The SMILES string of the molecule is Cc1ccnc(OCc2ccc(CN3CCC=N3)cc2)n1. The monoisotopic (exact) mass is 282 g/mol. The van der Waals surface area contributed by atoms with Crippen molar-refractivity contribution in [3.05, 3.63) is 53.3 Å². The average Bonchev–Trinajstić information content (AvgIpc) is 3.00. The van der Waals surface area contributed by atoms with E-state index in [0.717, 1.165) is 30.8 Å². The molecule has 0 unspecified atom stereocenters. The zero-order valence-electron chi connectivity index (χ0n) is 12.1. The van der Waals surface area contributed by atoms with Gasteiger partial charge in [0.1, 0.15) is 6.61 Å². The summed E-state index contributed by atoms with van der Waals surface area (Å²) in [5.74, 6) is 0. The average molecular weight is 282 g/mol. The maximum atomic E-state index is 5.59. The van der Waals surface area contributed by atoms with Crippen LogP contribution in [0.5, 0.6) is 6.01 Å². The second-order valence-corrected chi connectivity index (χ2v) is 5.06. The molecule has 0 bridgehead atoms. The molecule has 5 heteroatoms. The van der Waals surface area contributed by atoms with Crippen LogP contribution in [0, 0.1) is 6.92 Å². The normalized spacial score (nSPS) is 13.7. The van der Waals surface area contributed by atoms with Crippen LogP contribution in [0.2, 0.25) is 0 Å². The van der Waals surface area contributed by atoms with Crippen molar-refractivity contribution < 1.29 is 4.74 Å². The lowest BCUT2D eigenvalue weighted by Gasteiger charge is -2.13. The van der Waals surface area contributed by atoms with Crippen LogP contribution < -0.4 is 4.74 Å². The molecule has 2 heterocycles. The van der Waals surface area contributed by atoms with Crippen LogP contribution in [-0.2, 0) is 13.2 Å². The summed E-state index contributed by atoms with van der Waals surface area (Å²) in [6, 6.07) is 10.6. The molecule has 1 aliphatic rings. The highest BCUT2D eigenvalue weighted by molar-refractivity contribution is 5.58. The smallest absolute Gasteiger partial charge is 0.316 e. The van der Waals surface area contributed by atoms with Gasteiger partial charge in [-0.2, -0.15) is 5.10 Å². The topological polar surface area (TPSA) is 50.6 Å². The first-order valence-electron chi connectivity index (χ1n) is 7.07. The van der Waals surface area contributed by atoms with E-state index in [-0.39, 0.29) is 0 Å². The molecule has 0 radical (unpaired) electrons. The summed E-state index contributed by atoms with van der Waals surface area (Å²) in [6.45, 7) is 4.27. The maximum Gasteiger partial charge on any atom is 0.316 e. The molecule has 108 valence electrons. The first-order chi connectivity index (χ1) is 10.3. The molecule has 0 atom stereocenters. The number of hydrazone groups is 1. The van der Waals surface area contributed by atoms with Gasteiger partial charge in [-0.25, -0.2) is 9.97 Å². The predicted molar refractivity (Wildman–Crippen MR) is 81.1 cm³/mol. The van der Waals surface area contributed by atoms with Crippen molar-refractivity contribution in [1.82, 2.24) is 15.0 Å². The Labute approximate surface area is 124 Å². The van der Waals surface area contributed by atoms with Crippen LogP contribution >= 0.6 is 0 Å². The van der Waals surface area contributed by atoms with Gasteiger partial charge in [-0.15, -0.1) is 0 Å². The summed E-state index contributed by atoms with van der Waals surface area (Å²) in [7, 11) is 0. The summed E-state index contributed by atoms with van der Waals surface area (Å²) >= 11 is 0. The highest BCUT2D eigenvalue weighted by Crippen LogP contribution is 2.12. The van der Waals surface area contributed by atoms with E-state index in [1.807, 2.05) is 19.2 Å². The van der Waals surface area contributed by atoms with E-state index in [1.165, 1.54) is 5.56 Å². The summed E-state index contributed by atoms with van der Waals surface area (Å²) in [4.78, 5) is 8.30. The summed E-state index contributed by atoms with van der Waals surface area (Å²) in [5.41, 5.74) is 3.26. The van der Waals surface area contributed by atoms with Crippen molar-refractivity contribution in [2.24, 2.45) is 5.10 Å². The minimum atomic E-state index is 0.422. The fraction of sp³-hybridized carbons (Fsp3) is 0.312. The van der Waals surface area contributed by atoms with Crippen molar-refractivity contribution in [3.8, 4) is 6.01 Å². The zero-order valence-corrected chi connectivity index (χ0v) is 12.1. The number of hydrogen-bond donors (Lipinski definition) is 0. The van der Waals surface area contributed by atoms with Gasteiger partial charge in [0.15, 0.2) is 0 Å². The van der Waals surface area contributed by atoms with Gasteiger partial charge in [-0.05, 0) is 24.1 Å². The summed E-state index contributed by atoms with van der Waals surface area (Å²) in [6.07, 6.45) is 4.71. The van der Waals surface area contributed by atoms with E-state index in [0.29, 0.717) is 12.6 Å². The van der Waals surface area contributed by atoms with Gasteiger partial charge in [0.2, 0.25) is 0 Å². The van der Waals surface area contributed by atoms with Crippen molar-refractivity contribution >= 4 is 6.21 Å². The second kappa shape index (κ2) is 6.35. The van der Waals surface area contributed by atoms with Gasteiger partial charge in [-0.1, -0.05) is 24.3 Å². The molecule has 3 rings (SSSR count). The Morgan fingerprint density at radius 1 is 1.14 bits per heavy atom. The largest absolute Gasteiger partial charge is 0.459 e. The Hall–Kier alpha value is -2.43. The lowest BCUT2D eigenvalue weighted by atomic mass is 10.1. The molecule has 1 aromatic heterocycles. The Balaban J connectivity index is 1.55. The van der Waals surface area contributed by atoms with Crippen molar-refractivity contribution in [2.75, 3.05) is 6.54 Å². The van der Waals surface area contributed by atoms with Crippen LogP contribution in [0.1, 0.15) is 23.2 Å². The first-order valence-corrected chi connectivity index (χ1v) is 7.07. The van der Waals surface area contributed by atoms with Crippen LogP contribution in [0.15, 0.2) is 41.6 Å². The molecular formula is C16H18N4O. The van der Waals surface area contributed by atoms with Crippen LogP contribution in [-0.4, -0.2) is 27.7 Å². The molecule has 2 aromatic rings. The van der Waals surface area contributed by atoms with Gasteiger partial charge in [0.25, 0.3) is 0 Å². The van der Waals surface area contributed by atoms with Gasteiger partial charge in [0.05, 0.1) is 6.54 Å². The van der Waals surface area contributed by atoms with Crippen LogP contribution in [0.3, 0.4) is 0 Å². The maximum absolute atomic E-state index is 5.59. The molecule has 21 heavy (non-hydrogen) atoms. The highest BCUT2D eigenvalue weighted by atomic mass is 16.5. The molecular weight excluding hydrogens is 264 g/mol. The van der Waals surface area contributed by atoms with Crippen molar-refractivity contribution in [3.63, 3.8) is 0 Å². The van der Waals surface area contributed by atoms with E-state index in [9.17, 15) is 0 Å². The van der Waals surface area contributed by atoms with Gasteiger partial charge in [0, 0.05) is 31.1 Å². The number of ether oxygens (including phenoxy) is 1. The summed E-state index contributed by atoms with van der Waals surface area (Å²) < 4.78 is 5.59. The number of aromatic nitrogens is 2. The van der Waals surface area contributed by atoms with E-state index in [1.54, 1.807) is 6.20 Å². The number of rotatable bonds is 5. The lowest BCUT2D eigenvalue weighted by molar-refractivity contribution is 0.279. The third kappa shape index (κ3) is 3.78. The number of aryl methyl sites for hydroxylation is 1. The molecule has 0 saturated carbocycles. The standard InChI is InChI=1S/C16H18N4O/c1-13-7-9-17-16(19-13)21-12-15-5-3-14(4-6-15)11-20-10-2-8-18-20/h3-9H,2,10-12H2,1H3. The van der Waals surface area contributed by atoms with Crippen LogP contribution in [0.25, 0.3) is 0 Å². The molecule has 5 nitrogen and oxygen atoms in total. The number of hydrogen-bond acceptors (Lipinski definition) is 5. The van der Waals surface area contributed by atoms with E-state index >= 15 is 0 Å². The number of nitrogens with zero attached hydrogens (tertiary/aromatic N) is 4. The van der Waals surface area contributed by atoms with Gasteiger partial charge < -0.3 is 4.74 Å². The Morgan fingerprint density at radius 3 is 2.67 bits per heavy atom. The predicted octanol–water partition coefficient (Wildman–Crippen LogP) is 2.56. The molecule has 0 spiro atoms. The fourth-order valence-corrected chi connectivity index (χ4v) is 2.15. The molecule has 0 aliphatic carbocycles.